The molecule has 0 aliphatic carbocycles. The normalized spacial score (nSPS) is 25.1. The summed E-state index contributed by atoms with van der Waals surface area (Å²) in [7, 11) is -0.574. The van der Waals surface area contributed by atoms with Gasteiger partial charge in [-0.15, -0.1) is 0 Å². The molecule has 3 aliphatic rings. The molecule has 6 rings (SSSR count). The Kier molecular flexibility index (Phi) is 9.13. The number of hydrogen-bond acceptors (Lipinski definition) is 4. The molecule has 4 nitrogen and oxygen atoms in total. The van der Waals surface area contributed by atoms with Crippen molar-refractivity contribution in [2.75, 3.05) is 13.1 Å². The van der Waals surface area contributed by atoms with Gasteiger partial charge in [0.2, 0.25) is 0 Å². The molecule has 0 atom stereocenters. The van der Waals surface area contributed by atoms with Gasteiger partial charge in [-0.3, -0.25) is 19.1 Å². The number of nitrogens with zero attached hydrogens (tertiary/aromatic N) is 4. The van der Waals surface area contributed by atoms with Gasteiger partial charge in [0.05, 0.1) is 8.22 Å². The summed E-state index contributed by atoms with van der Waals surface area (Å²) >= 11 is 0. The second kappa shape index (κ2) is 12.5. The summed E-state index contributed by atoms with van der Waals surface area (Å²) in [5.41, 5.74) is 3.28. The fraction of sp³-hybridized carbons (Fsp3) is 0.550. The van der Waals surface area contributed by atoms with Gasteiger partial charge in [0.15, 0.2) is 0 Å². The highest BCUT2D eigenvalue weighted by Crippen LogP contribution is 2.57. The van der Waals surface area contributed by atoms with Crippen LogP contribution in [0.25, 0.3) is 0 Å². The molecule has 242 valence electrons. The van der Waals surface area contributed by atoms with Crippen molar-refractivity contribution >= 4 is 13.5 Å². The summed E-state index contributed by atoms with van der Waals surface area (Å²) in [6.45, 7) is 24.3. The van der Waals surface area contributed by atoms with Crippen molar-refractivity contribution < 1.29 is 0 Å². The molecule has 0 spiro atoms. The van der Waals surface area contributed by atoms with E-state index in [-0.39, 0.29) is 22.2 Å². The molecule has 0 aromatic heterocycles. The van der Waals surface area contributed by atoms with Gasteiger partial charge in [-0.05, 0) is 92.2 Å². The Bertz CT molecular complexity index is 1280. The smallest absolute Gasteiger partial charge is 0.0730 e. The third-order valence-electron chi connectivity index (χ3n) is 11.1. The molecule has 3 fully saturated rings. The Labute approximate surface area is 275 Å². The standard InChI is InChI=1S/C40H57N4P/c1-37(2)26-34(27-38(3,4)43(37)30-32-18-12-9-13-19-32)41-24-25-42(45(41)36-22-16-11-17-23-36)35-28-39(5,6)44(40(7,8)29-35)31-33-20-14-10-15-21-33/h9-23,34-35H,24-31H2,1-8H3. The van der Waals surface area contributed by atoms with Crippen molar-refractivity contribution in [1.29, 1.82) is 0 Å². The number of benzene rings is 3. The number of rotatable bonds is 7. The van der Waals surface area contributed by atoms with E-state index in [1.807, 2.05) is 0 Å². The van der Waals surface area contributed by atoms with E-state index >= 15 is 0 Å². The Hall–Kier alpha value is -2.07. The first kappa shape index (κ1) is 32.9. The topological polar surface area (TPSA) is 13.0 Å². The van der Waals surface area contributed by atoms with Gasteiger partial charge in [-0.1, -0.05) is 91.0 Å². The maximum absolute atomic E-state index is 2.98. The SMILES string of the molecule is CC1(C)CC(N2CCN(C3CC(C)(C)N(Cc4ccccc4)C(C)(C)C3)P2c2ccccc2)CC(C)(C)N1Cc1ccccc1. The van der Waals surface area contributed by atoms with Gasteiger partial charge in [-0.2, -0.15) is 0 Å². The molecule has 5 heteroatoms. The van der Waals surface area contributed by atoms with Crippen LogP contribution in [0, 0.1) is 0 Å². The van der Waals surface area contributed by atoms with Crippen LogP contribution in [-0.2, 0) is 13.1 Å². The van der Waals surface area contributed by atoms with Gasteiger partial charge >= 0.3 is 0 Å². The molecule has 0 saturated carbocycles. The van der Waals surface area contributed by atoms with E-state index in [2.05, 4.69) is 166 Å². The zero-order valence-electron chi connectivity index (χ0n) is 29.2. The van der Waals surface area contributed by atoms with E-state index in [1.54, 1.807) is 0 Å². The summed E-state index contributed by atoms with van der Waals surface area (Å²) < 4.78 is 5.95. The summed E-state index contributed by atoms with van der Waals surface area (Å²) in [4.78, 5) is 5.58. The van der Waals surface area contributed by atoms with Crippen molar-refractivity contribution in [2.45, 2.75) is 128 Å². The van der Waals surface area contributed by atoms with E-state index in [1.165, 1.54) is 55.2 Å². The van der Waals surface area contributed by atoms with Gasteiger partial charge in [0, 0.05) is 65.7 Å². The van der Waals surface area contributed by atoms with E-state index in [0.717, 1.165) is 13.1 Å². The maximum atomic E-state index is 2.98. The third kappa shape index (κ3) is 6.83. The van der Waals surface area contributed by atoms with Crippen molar-refractivity contribution in [3.63, 3.8) is 0 Å². The lowest BCUT2D eigenvalue weighted by molar-refractivity contribution is -0.0580. The zero-order chi connectivity index (χ0) is 32.0. The van der Waals surface area contributed by atoms with Crippen LogP contribution in [0.1, 0.15) is 92.2 Å². The van der Waals surface area contributed by atoms with Crippen LogP contribution in [0.4, 0.5) is 0 Å². The molecule has 0 bridgehead atoms. The van der Waals surface area contributed by atoms with Gasteiger partial charge < -0.3 is 0 Å². The first-order chi connectivity index (χ1) is 21.3. The Morgan fingerprint density at radius 2 is 0.800 bits per heavy atom. The molecule has 3 saturated heterocycles. The molecule has 0 radical (unpaired) electrons. The number of likely N-dealkylation sites (tertiary alicyclic amines) is 2. The molecule has 0 unspecified atom stereocenters. The molecule has 3 aromatic carbocycles. The summed E-state index contributed by atoms with van der Waals surface area (Å²) in [6.07, 6.45) is 4.81. The van der Waals surface area contributed by atoms with E-state index in [9.17, 15) is 0 Å². The van der Waals surface area contributed by atoms with Gasteiger partial charge in [0.1, 0.15) is 0 Å². The first-order valence-electron chi connectivity index (χ1n) is 17.3. The van der Waals surface area contributed by atoms with Crippen molar-refractivity contribution in [3.8, 4) is 0 Å². The lowest BCUT2D eigenvalue weighted by Crippen LogP contribution is -2.63. The van der Waals surface area contributed by atoms with Crippen LogP contribution in [0.5, 0.6) is 0 Å². The molecule has 3 aliphatic heterocycles. The predicted molar refractivity (Wildman–Crippen MR) is 193 cm³/mol. The third-order valence-corrected chi connectivity index (χ3v) is 13.9. The predicted octanol–water partition coefficient (Wildman–Crippen LogP) is 8.69. The van der Waals surface area contributed by atoms with Crippen LogP contribution >= 0.6 is 8.22 Å². The van der Waals surface area contributed by atoms with E-state index < -0.39 is 8.22 Å². The van der Waals surface area contributed by atoms with Crippen LogP contribution in [-0.4, -0.2) is 66.5 Å². The number of piperidine rings is 2. The number of hydrogen-bond donors (Lipinski definition) is 0. The van der Waals surface area contributed by atoms with Gasteiger partial charge in [0.25, 0.3) is 0 Å². The minimum atomic E-state index is -0.574. The average Bonchev–Trinajstić information content (AvgIpc) is 3.43. The zero-order valence-corrected chi connectivity index (χ0v) is 30.1. The van der Waals surface area contributed by atoms with Gasteiger partial charge in [-0.25, -0.2) is 0 Å². The highest BCUT2D eigenvalue weighted by Gasteiger charge is 2.53. The minimum Gasteiger partial charge on any atom is -0.289 e. The molecule has 0 amide bonds. The molecular formula is C40H57N4P. The first-order valence-corrected chi connectivity index (χ1v) is 18.5. The molecule has 0 N–H and O–H groups in total. The van der Waals surface area contributed by atoms with Crippen molar-refractivity contribution in [1.82, 2.24) is 19.1 Å². The van der Waals surface area contributed by atoms with Crippen LogP contribution in [0.15, 0.2) is 91.0 Å². The Morgan fingerprint density at radius 1 is 0.489 bits per heavy atom. The fourth-order valence-electron chi connectivity index (χ4n) is 9.41. The second-order valence-corrected chi connectivity index (χ2v) is 18.6. The summed E-state index contributed by atoms with van der Waals surface area (Å²) in [5.74, 6) is 0. The molecule has 45 heavy (non-hydrogen) atoms. The van der Waals surface area contributed by atoms with Crippen molar-refractivity contribution in [3.05, 3.63) is 102 Å². The summed E-state index contributed by atoms with van der Waals surface area (Å²) in [6, 6.07) is 34.8. The molecular weight excluding hydrogens is 567 g/mol. The second-order valence-electron chi connectivity index (χ2n) is 16.5. The highest BCUT2D eigenvalue weighted by molar-refractivity contribution is 7.61. The largest absolute Gasteiger partial charge is 0.289 e. The van der Waals surface area contributed by atoms with E-state index in [0.29, 0.717) is 12.1 Å². The average molecular weight is 625 g/mol. The van der Waals surface area contributed by atoms with E-state index in [4.69, 9.17) is 0 Å². The molecule has 3 aromatic rings. The lowest BCUT2D eigenvalue weighted by atomic mass is 9.76. The lowest BCUT2D eigenvalue weighted by Gasteiger charge is -2.58. The molecule has 3 heterocycles. The van der Waals surface area contributed by atoms with Crippen LogP contribution in [0.2, 0.25) is 0 Å². The highest BCUT2D eigenvalue weighted by atomic mass is 31.1. The van der Waals surface area contributed by atoms with Crippen LogP contribution in [0.3, 0.4) is 0 Å². The Balaban J connectivity index is 1.27. The summed E-state index contributed by atoms with van der Waals surface area (Å²) in [5, 5.41) is 1.52. The fourth-order valence-corrected chi connectivity index (χ4v) is 12.2. The van der Waals surface area contributed by atoms with Crippen LogP contribution < -0.4 is 5.30 Å². The minimum absolute atomic E-state index is 0.111. The van der Waals surface area contributed by atoms with Crippen molar-refractivity contribution in [2.24, 2.45) is 0 Å². The Morgan fingerprint density at radius 3 is 1.13 bits per heavy atom. The maximum Gasteiger partial charge on any atom is 0.0730 e. The quantitative estimate of drug-likeness (QED) is 0.244. The monoisotopic (exact) mass is 624 g/mol.